The molecule has 0 aliphatic carbocycles. The standard InChI is InChI=1S/C28H28BrClN2O2/c1-2-3-4-5-16-33-23-13-8-20(9-14-23)28-32-26(24-17-21(29)10-15-27(24)34-28)18-25(31-32)19-6-11-22(30)12-7-19/h6-15,17,26,28H,2-5,16,18H2,1H3/t26-,28+/m0/s1. The molecule has 3 aromatic carbocycles. The lowest BCUT2D eigenvalue weighted by molar-refractivity contribution is -0.0191. The summed E-state index contributed by atoms with van der Waals surface area (Å²) < 4.78 is 13.5. The molecule has 5 rings (SSSR count). The van der Waals surface area contributed by atoms with E-state index in [2.05, 4.69) is 46.1 Å². The monoisotopic (exact) mass is 538 g/mol. The van der Waals surface area contributed by atoms with E-state index in [1.54, 1.807) is 0 Å². The molecule has 3 aromatic rings. The van der Waals surface area contributed by atoms with Crippen LogP contribution in [0.2, 0.25) is 5.02 Å². The van der Waals surface area contributed by atoms with Crippen LogP contribution in [0.1, 0.15) is 68.0 Å². The molecule has 0 bridgehead atoms. The third kappa shape index (κ3) is 4.96. The van der Waals surface area contributed by atoms with Crippen molar-refractivity contribution in [2.75, 3.05) is 6.61 Å². The van der Waals surface area contributed by atoms with Crippen LogP contribution in [-0.4, -0.2) is 17.3 Å². The zero-order valence-electron chi connectivity index (χ0n) is 19.2. The Bertz CT molecular complexity index is 1160. The Morgan fingerprint density at radius 2 is 1.82 bits per heavy atom. The van der Waals surface area contributed by atoms with Crippen LogP contribution in [0.5, 0.6) is 11.5 Å². The van der Waals surface area contributed by atoms with Gasteiger partial charge in [-0.3, -0.25) is 0 Å². The van der Waals surface area contributed by atoms with Crippen molar-refractivity contribution in [3.63, 3.8) is 0 Å². The Morgan fingerprint density at radius 3 is 2.59 bits per heavy atom. The smallest absolute Gasteiger partial charge is 0.213 e. The Hall–Kier alpha value is -2.50. The summed E-state index contributed by atoms with van der Waals surface area (Å²) in [6.07, 6.45) is 5.30. The topological polar surface area (TPSA) is 34.1 Å². The molecule has 34 heavy (non-hydrogen) atoms. The number of benzene rings is 3. The summed E-state index contributed by atoms with van der Waals surface area (Å²) in [5.41, 5.74) is 4.32. The van der Waals surface area contributed by atoms with Gasteiger partial charge in [0.15, 0.2) is 0 Å². The lowest BCUT2D eigenvalue weighted by Gasteiger charge is -2.38. The van der Waals surface area contributed by atoms with Crippen molar-refractivity contribution in [2.24, 2.45) is 5.10 Å². The summed E-state index contributed by atoms with van der Waals surface area (Å²) in [6, 6.07) is 22.4. The molecule has 6 heteroatoms. The van der Waals surface area contributed by atoms with E-state index in [1.807, 2.05) is 48.5 Å². The number of fused-ring (bicyclic) bond motifs is 3. The molecule has 0 saturated heterocycles. The van der Waals surface area contributed by atoms with E-state index in [4.69, 9.17) is 26.2 Å². The number of ether oxygens (including phenoxy) is 2. The fourth-order valence-corrected chi connectivity index (χ4v) is 5.05. The number of hydrogen-bond acceptors (Lipinski definition) is 4. The predicted molar refractivity (Wildman–Crippen MR) is 141 cm³/mol. The molecule has 2 heterocycles. The lowest BCUT2D eigenvalue weighted by Crippen LogP contribution is -2.33. The summed E-state index contributed by atoms with van der Waals surface area (Å²) in [7, 11) is 0. The van der Waals surface area contributed by atoms with Gasteiger partial charge >= 0.3 is 0 Å². The number of hydrazone groups is 1. The first kappa shape index (κ1) is 23.3. The number of halogens is 2. The molecular weight excluding hydrogens is 512 g/mol. The predicted octanol–water partition coefficient (Wildman–Crippen LogP) is 8.30. The SMILES string of the molecule is CCCCCCOc1ccc([C@H]2Oc3ccc(Br)cc3[C@@H]3CC(c4ccc(Cl)cc4)=NN23)cc1. The van der Waals surface area contributed by atoms with Gasteiger partial charge in [-0.25, -0.2) is 5.01 Å². The van der Waals surface area contributed by atoms with Crippen molar-refractivity contribution in [2.45, 2.75) is 51.3 Å². The van der Waals surface area contributed by atoms with Gasteiger partial charge in [-0.15, -0.1) is 0 Å². The minimum atomic E-state index is -0.304. The number of nitrogens with zero attached hydrogens (tertiary/aromatic N) is 2. The molecule has 0 fully saturated rings. The van der Waals surface area contributed by atoms with E-state index in [-0.39, 0.29) is 12.3 Å². The van der Waals surface area contributed by atoms with Gasteiger partial charge in [-0.2, -0.15) is 5.10 Å². The van der Waals surface area contributed by atoms with E-state index >= 15 is 0 Å². The van der Waals surface area contributed by atoms with Crippen molar-refractivity contribution in [3.8, 4) is 11.5 Å². The van der Waals surface area contributed by atoms with Crippen LogP contribution in [0.4, 0.5) is 0 Å². The minimum absolute atomic E-state index is 0.103. The van der Waals surface area contributed by atoms with Gasteiger partial charge in [0, 0.05) is 27.0 Å². The van der Waals surface area contributed by atoms with Crippen molar-refractivity contribution in [1.82, 2.24) is 5.01 Å². The van der Waals surface area contributed by atoms with Gasteiger partial charge in [0.2, 0.25) is 6.23 Å². The Morgan fingerprint density at radius 1 is 1.03 bits per heavy atom. The highest BCUT2D eigenvalue weighted by atomic mass is 79.9. The maximum absolute atomic E-state index is 6.49. The molecule has 176 valence electrons. The third-order valence-corrected chi connectivity index (χ3v) is 7.11. The highest BCUT2D eigenvalue weighted by Gasteiger charge is 2.41. The molecule has 0 N–H and O–H groups in total. The molecule has 4 nitrogen and oxygen atoms in total. The molecule has 0 radical (unpaired) electrons. The molecule has 2 atom stereocenters. The van der Waals surface area contributed by atoms with Crippen LogP contribution in [0.15, 0.2) is 76.3 Å². The molecule has 0 unspecified atom stereocenters. The Kier molecular flexibility index (Phi) is 7.12. The molecule has 0 amide bonds. The zero-order valence-corrected chi connectivity index (χ0v) is 21.6. The quantitative estimate of drug-likeness (QED) is 0.270. The van der Waals surface area contributed by atoms with E-state index < -0.39 is 0 Å². The minimum Gasteiger partial charge on any atom is -0.494 e. The van der Waals surface area contributed by atoms with Gasteiger partial charge in [-0.1, -0.05) is 65.8 Å². The summed E-state index contributed by atoms with van der Waals surface area (Å²) in [6.45, 7) is 2.97. The van der Waals surface area contributed by atoms with Crippen molar-refractivity contribution in [1.29, 1.82) is 0 Å². The molecular formula is C28H28BrClN2O2. The lowest BCUT2D eigenvalue weighted by atomic mass is 9.96. The molecule has 2 aliphatic heterocycles. The van der Waals surface area contributed by atoms with Gasteiger partial charge in [0.05, 0.1) is 18.4 Å². The average molecular weight is 540 g/mol. The fourth-order valence-electron chi connectivity index (χ4n) is 4.54. The van der Waals surface area contributed by atoms with Gasteiger partial charge < -0.3 is 9.47 Å². The molecule has 0 spiro atoms. The average Bonchev–Trinajstić information content (AvgIpc) is 3.30. The fraction of sp³-hybridized carbons (Fsp3) is 0.321. The second-order valence-corrected chi connectivity index (χ2v) is 10.1. The van der Waals surface area contributed by atoms with Crippen LogP contribution in [0, 0.1) is 0 Å². The van der Waals surface area contributed by atoms with Gasteiger partial charge in [-0.05, 0) is 66.6 Å². The van der Waals surface area contributed by atoms with E-state index in [0.717, 1.165) is 62.8 Å². The summed E-state index contributed by atoms with van der Waals surface area (Å²) in [4.78, 5) is 0. The van der Waals surface area contributed by atoms with E-state index in [9.17, 15) is 0 Å². The third-order valence-electron chi connectivity index (χ3n) is 6.36. The van der Waals surface area contributed by atoms with Gasteiger partial charge in [0.25, 0.3) is 0 Å². The number of unbranched alkanes of at least 4 members (excludes halogenated alkanes) is 3. The van der Waals surface area contributed by atoms with E-state index in [1.165, 1.54) is 19.3 Å². The molecule has 0 saturated carbocycles. The normalized spacial score (nSPS) is 18.7. The van der Waals surface area contributed by atoms with Gasteiger partial charge in [0.1, 0.15) is 11.5 Å². The Labute approximate surface area is 214 Å². The number of hydrogen-bond donors (Lipinski definition) is 0. The molecule has 0 aromatic heterocycles. The first-order valence-corrected chi connectivity index (χ1v) is 13.1. The van der Waals surface area contributed by atoms with Crippen molar-refractivity contribution in [3.05, 3.63) is 92.9 Å². The largest absolute Gasteiger partial charge is 0.494 e. The zero-order chi connectivity index (χ0) is 23.5. The summed E-state index contributed by atoms with van der Waals surface area (Å²) in [5, 5.41) is 7.85. The van der Waals surface area contributed by atoms with Crippen molar-refractivity contribution < 1.29 is 9.47 Å². The maximum Gasteiger partial charge on any atom is 0.213 e. The number of rotatable bonds is 8. The summed E-state index contributed by atoms with van der Waals surface area (Å²) >= 11 is 9.73. The second-order valence-electron chi connectivity index (χ2n) is 8.78. The first-order valence-electron chi connectivity index (χ1n) is 11.9. The van der Waals surface area contributed by atoms with Crippen molar-refractivity contribution >= 4 is 33.2 Å². The Balaban J connectivity index is 1.40. The highest BCUT2D eigenvalue weighted by molar-refractivity contribution is 9.10. The van der Waals surface area contributed by atoms with Crippen LogP contribution in [-0.2, 0) is 0 Å². The van der Waals surface area contributed by atoms with Crippen LogP contribution < -0.4 is 9.47 Å². The molecule has 2 aliphatic rings. The van der Waals surface area contributed by atoms with E-state index in [0.29, 0.717) is 0 Å². The van der Waals surface area contributed by atoms with Crippen LogP contribution >= 0.6 is 27.5 Å². The maximum atomic E-state index is 6.49. The van der Waals surface area contributed by atoms with Crippen LogP contribution in [0.3, 0.4) is 0 Å². The van der Waals surface area contributed by atoms with Crippen LogP contribution in [0.25, 0.3) is 0 Å². The second kappa shape index (κ2) is 10.4. The highest BCUT2D eigenvalue weighted by Crippen LogP contribution is 2.48. The summed E-state index contributed by atoms with van der Waals surface area (Å²) in [5.74, 6) is 1.79. The first-order chi connectivity index (χ1) is 16.6.